The van der Waals surface area contributed by atoms with Crippen molar-refractivity contribution in [3.63, 3.8) is 0 Å². The van der Waals surface area contributed by atoms with E-state index in [4.69, 9.17) is 4.74 Å². The van der Waals surface area contributed by atoms with Gasteiger partial charge < -0.3 is 15.4 Å². The number of nitrogens with zero attached hydrogens (tertiary/aromatic N) is 3. The van der Waals surface area contributed by atoms with Gasteiger partial charge in [0.05, 0.1) is 6.54 Å². The van der Waals surface area contributed by atoms with Gasteiger partial charge in [-0.2, -0.15) is 5.21 Å². The van der Waals surface area contributed by atoms with Crippen LogP contribution >= 0.6 is 0 Å². The summed E-state index contributed by atoms with van der Waals surface area (Å²) in [5.74, 6) is 0.647. The molecule has 8 nitrogen and oxygen atoms in total. The molecule has 1 aliphatic rings. The number of ether oxygens (including phenoxy) is 1. The molecule has 1 aromatic heterocycles. The third kappa shape index (κ3) is 4.76. The second-order valence-corrected chi connectivity index (χ2v) is 6.06. The monoisotopic (exact) mass is 282 g/mol. The van der Waals surface area contributed by atoms with Crippen LogP contribution in [0.2, 0.25) is 0 Å². The Morgan fingerprint density at radius 3 is 2.80 bits per heavy atom. The number of carbonyl (C=O) groups excluding carboxylic acids is 1. The lowest BCUT2D eigenvalue weighted by Gasteiger charge is -2.21. The summed E-state index contributed by atoms with van der Waals surface area (Å²) >= 11 is 0. The fourth-order valence-corrected chi connectivity index (χ4v) is 2.27. The maximum Gasteiger partial charge on any atom is 0.407 e. The van der Waals surface area contributed by atoms with Gasteiger partial charge in [-0.15, -0.1) is 10.2 Å². The summed E-state index contributed by atoms with van der Waals surface area (Å²) in [6.45, 7) is 6.16. The van der Waals surface area contributed by atoms with Gasteiger partial charge in [0.1, 0.15) is 5.60 Å². The second kappa shape index (κ2) is 6.17. The molecule has 1 saturated carbocycles. The maximum atomic E-state index is 11.7. The lowest BCUT2D eigenvalue weighted by atomic mass is 10.2. The van der Waals surface area contributed by atoms with E-state index in [1.54, 1.807) is 0 Å². The largest absolute Gasteiger partial charge is 0.444 e. The predicted octanol–water partition coefficient (Wildman–Crippen LogP) is 0.735. The molecule has 2 unspecified atom stereocenters. The first-order valence-corrected chi connectivity index (χ1v) is 6.87. The van der Waals surface area contributed by atoms with E-state index < -0.39 is 5.60 Å². The van der Waals surface area contributed by atoms with E-state index in [1.165, 1.54) is 0 Å². The topological polar surface area (TPSA) is 105 Å². The standard InChI is InChI=1S/C12H22N6O2/c1-12(2,3)20-11(19)14-9-5-4-8(6-9)13-7-10-15-17-18-16-10/h8-9,13H,4-7H2,1-3H3,(H,14,19)(H,15,16,17,18). The molecule has 1 aliphatic carbocycles. The minimum absolute atomic E-state index is 0.160. The molecular weight excluding hydrogens is 260 g/mol. The highest BCUT2D eigenvalue weighted by molar-refractivity contribution is 5.68. The van der Waals surface area contributed by atoms with Crippen LogP contribution in [-0.4, -0.2) is 44.4 Å². The number of aromatic nitrogens is 4. The normalized spacial score (nSPS) is 22.8. The molecule has 1 heterocycles. The zero-order valence-corrected chi connectivity index (χ0v) is 12.1. The smallest absolute Gasteiger partial charge is 0.407 e. The molecule has 20 heavy (non-hydrogen) atoms. The molecule has 2 atom stereocenters. The number of carbonyl (C=O) groups is 1. The summed E-state index contributed by atoms with van der Waals surface area (Å²) in [5, 5.41) is 20.0. The van der Waals surface area contributed by atoms with Crippen LogP contribution < -0.4 is 10.6 Å². The van der Waals surface area contributed by atoms with E-state index in [1.807, 2.05) is 20.8 Å². The highest BCUT2D eigenvalue weighted by atomic mass is 16.6. The first kappa shape index (κ1) is 14.7. The molecule has 0 saturated heterocycles. The molecular formula is C12H22N6O2. The van der Waals surface area contributed by atoms with Crippen LogP contribution in [0.1, 0.15) is 45.9 Å². The quantitative estimate of drug-likeness (QED) is 0.752. The Balaban J connectivity index is 1.68. The molecule has 2 rings (SSSR count). The Morgan fingerprint density at radius 1 is 1.40 bits per heavy atom. The van der Waals surface area contributed by atoms with Gasteiger partial charge in [-0.25, -0.2) is 4.79 Å². The van der Waals surface area contributed by atoms with Crippen LogP contribution in [0, 0.1) is 0 Å². The van der Waals surface area contributed by atoms with Gasteiger partial charge in [0.2, 0.25) is 0 Å². The maximum absolute atomic E-state index is 11.7. The van der Waals surface area contributed by atoms with Crippen molar-refractivity contribution < 1.29 is 9.53 Å². The lowest BCUT2D eigenvalue weighted by Crippen LogP contribution is -2.39. The molecule has 1 fully saturated rings. The first-order valence-electron chi connectivity index (χ1n) is 6.87. The van der Waals surface area contributed by atoms with E-state index in [-0.39, 0.29) is 12.1 Å². The summed E-state index contributed by atoms with van der Waals surface area (Å²) in [6, 6.07) is 0.515. The van der Waals surface area contributed by atoms with Crippen molar-refractivity contribution in [1.29, 1.82) is 0 Å². The zero-order chi connectivity index (χ0) is 14.6. The number of alkyl carbamates (subject to hydrolysis) is 1. The van der Waals surface area contributed by atoms with Crippen molar-refractivity contribution in [2.24, 2.45) is 0 Å². The zero-order valence-electron chi connectivity index (χ0n) is 12.1. The Bertz CT molecular complexity index is 428. The number of H-pyrrole nitrogens is 1. The molecule has 3 N–H and O–H groups in total. The Labute approximate surface area is 118 Å². The van der Waals surface area contributed by atoms with Crippen LogP contribution in [0.4, 0.5) is 4.79 Å². The number of tetrazole rings is 1. The molecule has 112 valence electrons. The fraction of sp³-hybridized carbons (Fsp3) is 0.833. The second-order valence-electron chi connectivity index (χ2n) is 6.06. The summed E-state index contributed by atoms with van der Waals surface area (Å²) in [7, 11) is 0. The van der Waals surface area contributed by atoms with E-state index >= 15 is 0 Å². The minimum Gasteiger partial charge on any atom is -0.444 e. The van der Waals surface area contributed by atoms with Crippen molar-refractivity contribution >= 4 is 6.09 Å². The third-order valence-electron chi connectivity index (χ3n) is 3.09. The van der Waals surface area contributed by atoms with Crippen molar-refractivity contribution in [2.75, 3.05) is 0 Å². The van der Waals surface area contributed by atoms with E-state index in [9.17, 15) is 4.79 Å². The van der Waals surface area contributed by atoms with E-state index in [2.05, 4.69) is 31.3 Å². The van der Waals surface area contributed by atoms with Crippen molar-refractivity contribution in [3.8, 4) is 0 Å². The van der Waals surface area contributed by atoms with Gasteiger partial charge >= 0.3 is 6.09 Å². The first-order chi connectivity index (χ1) is 9.42. The highest BCUT2D eigenvalue weighted by Gasteiger charge is 2.27. The Hall–Kier alpha value is -1.70. The molecule has 0 aromatic carbocycles. The number of nitrogens with one attached hydrogen (secondary N) is 3. The fourth-order valence-electron chi connectivity index (χ4n) is 2.27. The van der Waals surface area contributed by atoms with Gasteiger partial charge in [-0.1, -0.05) is 5.21 Å². The molecule has 1 amide bonds. The van der Waals surface area contributed by atoms with Crippen molar-refractivity contribution in [3.05, 3.63) is 5.82 Å². The predicted molar refractivity (Wildman–Crippen MR) is 71.8 cm³/mol. The summed E-state index contributed by atoms with van der Waals surface area (Å²) in [4.78, 5) is 11.7. The van der Waals surface area contributed by atoms with E-state index in [0.717, 1.165) is 19.3 Å². The molecule has 0 bridgehead atoms. The van der Waals surface area contributed by atoms with Gasteiger partial charge in [-0.3, -0.25) is 0 Å². The number of aromatic amines is 1. The highest BCUT2D eigenvalue weighted by Crippen LogP contribution is 2.20. The molecule has 0 spiro atoms. The molecule has 0 aliphatic heterocycles. The SMILES string of the molecule is CC(C)(C)OC(=O)NC1CCC(NCc2nn[nH]n2)C1. The van der Waals surface area contributed by atoms with Gasteiger partial charge in [0.25, 0.3) is 0 Å². The number of hydrogen-bond donors (Lipinski definition) is 3. The van der Waals surface area contributed by atoms with Crippen LogP contribution in [0.3, 0.4) is 0 Å². The van der Waals surface area contributed by atoms with E-state index in [0.29, 0.717) is 18.4 Å². The number of rotatable bonds is 4. The van der Waals surface area contributed by atoms with Gasteiger partial charge in [0.15, 0.2) is 5.82 Å². The average molecular weight is 282 g/mol. The third-order valence-corrected chi connectivity index (χ3v) is 3.09. The van der Waals surface area contributed by atoms with Crippen LogP contribution in [0.5, 0.6) is 0 Å². The minimum atomic E-state index is -0.459. The Morgan fingerprint density at radius 2 is 2.15 bits per heavy atom. The van der Waals surface area contributed by atoms with Crippen molar-refractivity contribution in [2.45, 2.75) is 64.3 Å². The molecule has 0 radical (unpaired) electrons. The number of amides is 1. The summed E-state index contributed by atoms with van der Waals surface area (Å²) < 4.78 is 5.25. The van der Waals surface area contributed by atoms with Crippen LogP contribution in [0.15, 0.2) is 0 Å². The molecule has 1 aromatic rings. The summed E-state index contributed by atoms with van der Waals surface area (Å²) in [6.07, 6.45) is 2.50. The van der Waals surface area contributed by atoms with Gasteiger partial charge in [0, 0.05) is 12.1 Å². The van der Waals surface area contributed by atoms with Crippen LogP contribution in [-0.2, 0) is 11.3 Å². The van der Waals surface area contributed by atoms with Crippen molar-refractivity contribution in [1.82, 2.24) is 31.3 Å². The average Bonchev–Trinajstić information content (AvgIpc) is 2.94. The van der Waals surface area contributed by atoms with Crippen LogP contribution in [0.25, 0.3) is 0 Å². The molecule has 8 heteroatoms. The Kier molecular flexibility index (Phi) is 4.53. The van der Waals surface area contributed by atoms with Gasteiger partial charge in [-0.05, 0) is 40.0 Å². The lowest BCUT2D eigenvalue weighted by molar-refractivity contribution is 0.0505. The number of hydrogen-bond acceptors (Lipinski definition) is 6. The summed E-state index contributed by atoms with van der Waals surface area (Å²) in [5.41, 5.74) is -0.459.